The first kappa shape index (κ1) is 29.0. The van der Waals surface area contributed by atoms with Crippen molar-refractivity contribution < 1.29 is 27.8 Å². The highest BCUT2D eigenvalue weighted by atomic mass is 19.1. The molecule has 3 heterocycles. The number of ether oxygens (including phenoxy) is 1. The van der Waals surface area contributed by atoms with Crippen LogP contribution in [0.15, 0.2) is 85.3 Å². The van der Waals surface area contributed by atoms with Crippen LogP contribution in [-0.4, -0.2) is 35.6 Å². The Kier molecular flexibility index (Phi) is 7.90. The molecule has 6 rings (SSSR count). The van der Waals surface area contributed by atoms with Crippen LogP contribution in [0.2, 0.25) is 0 Å². The first-order valence-corrected chi connectivity index (χ1v) is 13.5. The molecule has 0 atom stereocenters. The molecule has 0 aliphatic carbocycles. The second-order valence-corrected chi connectivity index (χ2v) is 9.99. The van der Waals surface area contributed by atoms with Gasteiger partial charge in [-0.15, -0.1) is 0 Å². The SMILES string of the molecule is N#Cc1ccc(COc2cccc(-c3cc(F)c(Cc4nc5ccc(C(=O)O)cc5n4Cc4cnccn4)cc3F)n2)c(F)c1. The molecule has 0 aliphatic rings. The van der Waals surface area contributed by atoms with Gasteiger partial charge in [0.15, 0.2) is 0 Å². The molecule has 0 radical (unpaired) electrons. The lowest BCUT2D eigenvalue weighted by atomic mass is 10.0. The fourth-order valence-corrected chi connectivity index (χ4v) is 4.81. The Labute approximate surface area is 253 Å². The fourth-order valence-electron chi connectivity index (χ4n) is 4.81. The van der Waals surface area contributed by atoms with Gasteiger partial charge in [0.2, 0.25) is 5.88 Å². The largest absolute Gasteiger partial charge is 0.478 e. The van der Waals surface area contributed by atoms with E-state index in [1.807, 2.05) is 6.07 Å². The van der Waals surface area contributed by atoms with E-state index >= 15 is 8.78 Å². The number of carboxylic acids is 1. The lowest BCUT2D eigenvalue weighted by Crippen LogP contribution is -2.09. The summed E-state index contributed by atoms with van der Waals surface area (Å²) in [6.07, 6.45) is 4.49. The van der Waals surface area contributed by atoms with Crippen LogP contribution in [0.3, 0.4) is 0 Å². The number of hydrogen-bond acceptors (Lipinski definition) is 7. The van der Waals surface area contributed by atoms with Gasteiger partial charge in [-0.2, -0.15) is 5.26 Å². The minimum absolute atomic E-state index is 0.0223. The van der Waals surface area contributed by atoms with Crippen molar-refractivity contribution in [1.29, 1.82) is 5.26 Å². The van der Waals surface area contributed by atoms with Crippen LogP contribution in [0.4, 0.5) is 13.2 Å². The van der Waals surface area contributed by atoms with E-state index in [-0.39, 0.29) is 59.0 Å². The zero-order chi connectivity index (χ0) is 31.5. The predicted molar refractivity (Wildman–Crippen MR) is 156 cm³/mol. The van der Waals surface area contributed by atoms with E-state index in [1.165, 1.54) is 48.8 Å². The van der Waals surface area contributed by atoms with E-state index in [2.05, 4.69) is 19.9 Å². The van der Waals surface area contributed by atoms with E-state index in [9.17, 15) is 14.3 Å². The van der Waals surface area contributed by atoms with E-state index in [1.54, 1.807) is 22.9 Å². The van der Waals surface area contributed by atoms with Gasteiger partial charge in [0, 0.05) is 36.0 Å². The molecule has 9 nitrogen and oxygen atoms in total. The second-order valence-electron chi connectivity index (χ2n) is 9.99. The molecule has 0 bridgehead atoms. The molecular formula is C33H21F3N6O3. The van der Waals surface area contributed by atoms with Crippen molar-refractivity contribution in [3.05, 3.63) is 137 Å². The monoisotopic (exact) mass is 606 g/mol. The van der Waals surface area contributed by atoms with E-state index in [0.29, 0.717) is 22.6 Å². The minimum Gasteiger partial charge on any atom is -0.478 e. The molecule has 1 N–H and O–H groups in total. The summed E-state index contributed by atoms with van der Waals surface area (Å²) in [6, 6.07) is 17.0. The van der Waals surface area contributed by atoms with Crippen molar-refractivity contribution >= 4 is 17.0 Å². The van der Waals surface area contributed by atoms with Crippen molar-refractivity contribution in [3.8, 4) is 23.2 Å². The van der Waals surface area contributed by atoms with Crippen LogP contribution in [-0.2, 0) is 19.6 Å². The fraction of sp³-hybridized carbons (Fsp3) is 0.0909. The molecule has 0 saturated carbocycles. The summed E-state index contributed by atoms with van der Waals surface area (Å²) in [7, 11) is 0. The van der Waals surface area contributed by atoms with Gasteiger partial charge in [-0.05, 0) is 54.1 Å². The number of aromatic nitrogens is 5. The normalized spacial score (nSPS) is 11.0. The summed E-state index contributed by atoms with van der Waals surface area (Å²) in [5.74, 6) is -2.73. The molecule has 45 heavy (non-hydrogen) atoms. The number of aromatic carboxylic acids is 1. The number of hydrogen-bond donors (Lipinski definition) is 1. The third kappa shape index (κ3) is 6.18. The van der Waals surface area contributed by atoms with E-state index < -0.39 is 23.4 Å². The Hall–Kier alpha value is -6.09. The number of fused-ring (bicyclic) bond motifs is 1. The highest BCUT2D eigenvalue weighted by molar-refractivity contribution is 5.92. The Morgan fingerprint density at radius 1 is 0.933 bits per heavy atom. The summed E-state index contributed by atoms with van der Waals surface area (Å²) in [5.41, 5.74) is 1.99. The van der Waals surface area contributed by atoms with Crippen LogP contribution in [0.1, 0.15) is 38.6 Å². The van der Waals surface area contributed by atoms with Gasteiger partial charge in [-0.3, -0.25) is 9.97 Å². The topological polar surface area (TPSA) is 127 Å². The minimum atomic E-state index is -1.11. The summed E-state index contributed by atoms with van der Waals surface area (Å²) >= 11 is 0. The Bertz CT molecular complexity index is 2110. The molecule has 0 unspecified atom stereocenters. The van der Waals surface area contributed by atoms with Crippen LogP contribution in [0.5, 0.6) is 5.88 Å². The average Bonchev–Trinajstić information content (AvgIpc) is 3.38. The summed E-state index contributed by atoms with van der Waals surface area (Å²) in [5, 5.41) is 18.4. The lowest BCUT2D eigenvalue weighted by Gasteiger charge is -2.12. The van der Waals surface area contributed by atoms with Gasteiger partial charge in [0.05, 0.1) is 52.4 Å². The Morgan fingerprint density at radius 3 is 2.53 bits per heavy atom. The Balaban J connectivity index is 1.29. The third-order valence-corrected chi connectivity index (χ3v) is 7.05. The van der Waals surface area contributed by atoms with Gasteiger partial charge in [0.1, 0.15) is 29.9 Å². The molecule has 0 fully saturated rings. The molecular weight excluding hydrogens is 585 g/mol. The number of imidazole rings is 1. The number of nitrogens with zero attached hydrogens (tertiary/aromatic N) is 6. The molecule has 3 aromatic heterocycles. The maximum atomic E-state index is 15.5. The van der Waals surface area contributed by atoms with Crippen molar-refractivity contribution in [2.75, 3.05) is 0 Å². The number of pyridine rings is 1. The molecule has 0 aliphatic heterocycles. The van der Waals surface area contributed by atoms with Gasteiger partial charge >= 0.3 is 5.97 Å². The van der Waals surface area contributed by atoms with Crippen LogP contribution >= 0.6 is 0 Å². The number of carbonyl (C=O) groups is 1. The standard InChI is InChI=1S/C33H21F3N6O3/c34-25-10-19(15-37)4-5-21(25)18-45-32-3-1-2-28(41-32)24-14-26(35)22(11-27(24)36)13-31-40-29-7-6-20(33(43)44)12-30(29)42(31)17-23-16-38-8-9-39-23/h1-12,14,16H,13,17-18H2,(H,43,44). The predicted octanol–water partition coefficient (Wildman–Crippen LogP) is 6.09. The molecule has 3 aromatic carbocycles. The molecule has 0 spiro atoms. The Morgan fingerprint density at radius 2 is 1.78 bits per heavy atom. The quantitative estimate of drug-likeness (QED) is 0.209. The maximum Gasteiger partial charge on any atom is 0.335 e. The summed E-state index contributed by atoms with van der Waals surface area (Å²) in [4.78, 5) is 28.8. The number of halogens is 3. The third-order valence-electron chi connectivity index (χ3n) is 7.05. The molecule has 0 saturated heterocycles. The zero-order valence-corrected chi connectivity index (χ0v) is 23.3. The highest BCUT2D eigenvalue weighted by Gasteiger charge is 2.19. The van der Waals surface area contributed by atoms with Gasteiger partial charge in [0.25, 0.3) is 0 Å². The lowest BCUT2D eigenvalue weighted by molar-refractivity contribution is 0.0697. The van der Waals surface area contributed by atoms with E-state index in [4.69, 9.17) is 10.00 Å². The number of carboxylic acid groups (broad SMARTS) is 1. The highest BCUT2D eigenvalue weighted by Crippen LogP contribution is 2.28. The van der Waals surface area contributed by atoms with Crippen LogP contribution in [0.25, 0.3) is 22.3 Å². The van der Waals surface area contributed by atoms with Gasteiger partial charge < -0.3 is 14.4 Å². The van der Waals surface area contributed by atoms with Crippen LogP contribution < -0.4 is 4.74 Å². The maximum absolute atomic E-state index is 15.5. The smallest absolute Gasteiger partial charge is 0.335 e. The molecule has 222 valence electrons. The van der Waals surface area contributed by atoms with Crippen molar-refractivity contribution in [1.82, 2.24) is 24.5 Å². The van der Waals surface area contributed by atoms with Crippen molar-refractivity contribution in [3.63, 3.8) is 0 Å². The summed E-state index contributed by atoms with van der Waals surface area (Å²) < 4.78 is 52.6. The second kappa shape index (κ2) is 12.3. The summed E-state index contributed by atoms with van der Waals surface area (Å²) in [6.45, 7) is -0.0126. The van der Waals surface area contributed by atoms with Gasteiger partial charge in [-0.25, -0.2) is 27.9 Å². The van der Waals surface area contributed by atoms with Crippen molar-refractivity contribution in [2.24, 2.45) is 0 Å². The molecule has 6 aromatic rings. The number of rotatable bonds is 9. The molecule has 0 amide bonds. The van der Waals surface area contributed by atoms with Crippen LogP contribution in [0, 0.1) is 28.8 Å². The molecule has 12 heteroatoms. The van der Waals surface area contributed by atoms with Crippen molar-refractivity contribution in [2.45, 2.75) is 19.6 Å². The zero-order valence-electron chi connectivity index (χ0n) is 23.3. The number of benzene rings is 3. The average molecular weight is 607 g/mol. The first-order valence-electron chi connectivity index (χ1n) is 13.5. The number of nitriles is 1. The van der Waals surface area contributed by atoms with Gasteiger partial charge in [-0.1, -0.05) is 12.1 Å². The van der Waals surface area contributed by atoms with E-state index in [0.717, 1.165) is 18.2 Å². The first-order chi connectivity index (χ1) is 21.8.